The van der Waals surface area contributed by atoms with Gasteiger partial charge in [0.1, 0.15) is 0 Å². The summed E-state index contributed by atoms with van der Waals surface area (Å²) in [5, 5.41) is -0.785. The van der Waals surface area contributed by atoms with Crippen molar-refractivity contribution in [1.82, 2.24) is 8.96 Å². The topological polar surface area (TPSA) is 121 Å². The zero-order valence-corrected chi connectivity index (χ0v) is 16.4. The van der Waals surface area contributed by atoms with Crippen LogP contribution in [0.25, 0.3) is 16.6 Å². The molecule has 0 aliphatic rings. The fraction of sp³-hybridized carbons (Fsp3) is 0.158. The number of amides is 1. The number of nitrogens with zero attached hydrogens (tertiary/aromatic N) is 2. The Morgan fingerprint density at radius 3 is 2.52 bits per heavy atom. The first-order valence-electron chi connectivity index (χ1n) is 8.52. The van der Waals surface area contributed by atoms with Gasteiger partial charge in [-0.25, -0.2) is 26.2 Å². The first-order valence-corrected chi connectivity index (χ1v) is 10.0. The fourth-order valence-corrected chi connectivity index (χ4v) is 4.03. The van der Waals surface area contributed by atoms with Gasteiger partial charge in [0.2, 0.25) is 21.9 Å². The maximum Gasteiger partial charge on any atom is 0.244 e. The molecule has 0 unspecified atom stereocenters. The molecule has 10 heteroatoms. The Morgan fingerprint density at radius 2 is 1.90 bits per heavy atom. The number of halogens is 2. The molecule has 4 N–H and O–H groups in total. The monoisotopic (exact) mass is 420 g/mol. The Bertz CT molecular complexity index is 1260. The van der Waals surface area contributed by atoms with E-state index in [-0.39, 0.29) is 33.7 Å². The van der Waals surface area contributed by atoms with Crippen LogP contribution >= 0.6 is 0 Å². The molecular formula is C19H18F2N4O3S. The third-order valence-corrected chi connectivity index (χ3v) is 6.41. The van der Waals surface area contributed by atoms with E-state index in [4.69, 9.17) is 11.5 Å². The average molecular weight is 420 g/mol. The molecule has 3 aromatic rings. The van der Waals surface area contributed by atoms with E-state index >= 15 is 0 Å². The molecule has 0 atom stereocenters. The molecule has 7 nitrogen and oxygen atoms in total. The molecule has 0 fully saturated rings. The molecule has 0 spiro atoms. The second kappa shape index (κ2) is 7.28. The van der Waals surface area contributed by atoms with Gasteiger partial charge in [-0.15, -0.1) is 0 Å². The van der Waals surface area contributed by atoms with E-state index in [0.717, 1.165) is 16.1 Å². The summed E-state index contributed by atoms with van der Waals surface area (Å²) in [5.74, 6) is -3.38. The lowest BCUT2D eigenvalue weighted by atomic mass is 9.96. The molecule has 0 aliphatic carbocycles. The summed E-state index contributed by atoms with van der Waals surface area (Å²) < 4.78 is 54.4. The number of carbonyl (C=O) groups is 1. The van der Waals surface area contributed by atoms with Crippen molar-refractivity contribution in [2.45, 2.75) is 19.1 Å². The lowest BCUT2D eigenvalue weighted by molar-refractivity contribution is -0.113. The molecular weight excluding hydrogens is 402 g/mol. The molecule has 0 saturated heterocycles. The average Bonchev–Trinajstić information content (AvgIpc) is 2.97. The molecule has 2 aromatic carbocycles. The summed E-state index contributed by atoms with van der Waals surface area (Å²) in [7, 11) is -3.85. The van der Waals surface area contributed by atoms with Gasteiger partial charge in [0, 0.05) is 11.6 Å². The van der Waals surface area contributed by atoms with Crippen LogP contribution in [-0.4, -0.2) is 28.5 Å². The number of nitrogen functional groups attached to an aromatic ring is 1. The zero-order chi connectivity index (χ0) is 21.5. The highest BCUT2D eigenvalue weighted by molar-refractivity contribution is 7.90. The van der Waals surface area contributed by atoms with Gasteiger partial charge in [-0.2, -0.15) is 0 Å². The lowest BCUT2D eigenvalue weighted by Gasteiger charge is -2.13. The number of nitrogens with two attached hydrogens (primary N) is 2. The minimum Gasteiger partial charge on any atom is -0.368 e. The Labute approximate surface area is 165 Å². The summed E-state index contributed by atoms with van der Waals surface area (Å²) in [6.45, 7) is 2.98. The third-order valence-electron chi connectivity index (χ3n) is 4.33. The van der Waals surface area contributed by atoms with Gasteiger partial charge in [-0.3, -0.25) is 4.79 Å². The highest BCUT2D eigenvalue weighted by Gasteiger charge is 2.25. The summed E-state index contributed by atoms with van der Waals surface area (Å²) >= 11 is 0. The van der Waals surface area contributed by atoms with Gasteiger partial charge >= 0.3 is 0 Å². The Kier molecular flexibility index (Phi) is 5.14. The standard InChI is InChI=1S/C19H18F2N4O3S/c1-10(2)29(27,28)25-16-8-11(6-7-15(16)24-19(25)23)13(9-17(22)26)12-4-3-5-14(20)18(12)21/h3-10H,1-2H3,(H2,22,26)(H2,23,24). The van der Waals surface area contributed by atoms with Crippen LogP contribution in [0.2, 0.25) is 0 Å². The molecule has 0 radical (unpaired) electrons. The van der Waals surface area contributed by atoms with Gasteiger partial charge < -0.3 is 11.5 Å². The molecule has 1 aromatic heterocycles. The molecule has 1 heterocycles. The second-order valence-electron chi connectivity index (χ2n) is 6.59. The third kappa shape index (κ3) is 3.58. The van der Waals surface area contributed by atoms with Crippen LogP contribution in [0.4, 0.5) is 14.7 Å². The SMILES string of the molecule is CC(C)S(=O)(=O)n1c(N)nc2ccc(C(=CC(N)=O)c3cccc(F)c3F)cc21. The first kappa shape index (κ1) is 20.5. The predicted molar refractivity (Wildman–Crippen MR) is 106 cm³/mol. The molecule has 0 aliphatic heterocycles. The van der Waals surface area contributed by atoms with Crippen molar-refractivity contribution in [3.63, 3.8) is 0 Å². The number of imidazole rings is 1. The van der Waals surface area contributed by atoms with Gasteiger partial charge in [-0.05, 0) is 43.2 Å². The summed E-state index contributed by atoms with van der Waals surface area (Å²) in [6, 6.07) is 7.85. The maximum absolute atomic E-state index is 14.4. The van der Waals surface area contributed by atoms with E-state index in [0.29, 0.717) is 0 Å². The second-order valence-corrected chi connectivity index (χ2v) is 8.93. The van der Waals surface area contributed by atoms with Crippen molar-refractivity contribution in [1.29, 1.82) is 0 Å². The van der Waals surface area contributed by atoms with Crippen molar-refractivity contribution >= 4 is 38.5 Å². The molecule has 3 rings (SSSR count). The van der Waals surface area contributed by atoms with Crippen LogP contribution in [0.15, 0.2) is 42.5 Å². The van der Waals surface area contributed by atoms with E-state index in [1.54, 1.807) is 0 Å². The fourth-order valence-electron chi connectivity index (χ4n) is 2.89. The maximum atomic E-state index is 14.4. The Balaban J connectivity index is 2.33. The van der Waals surface area contributed by atoms with E-state index < -0.39 is 32.8 Å². The van der Waals surface area contributed by atoms with Crippen molar-refractivity contribution in [2.24, 2.45) is 5.73 Å². The first-order chi connectivity index (χ1) is 13.5. The largest absolute Gasteiger partial charge is 0.368 e. The van der Waals surface area contributed by atoms with Crippen LogP contribution in [0.3, 0.4) is 0 Å². The van der Waals surface area contributed by atoms with Gasteiger partial charge in [0.25, 0.3) is 0 Å². The molecule has 29 heavy (non-hydrogen) atoms. The minimum atomic E-state index is -3.85. The number of rotatable bonds is 5. The van der Waals surface area contributed by atoms with Gasteiger partial charge in [-0.1, -0.05) is 18.2 Å². The van der Waals surface area contributed by atoms with Crippen molar-refractivity contribution in [3.8, 4) is 0 Å². The van der Waals surface area contributed by atoms with Crippen LogP contribution in [0.5, 0.6) is 0 Å². The number of aromatic nitrogens is 2. The van der Waals surface area contributed by atoms with E-state index in [2.05, 4.69) is 4.98 Å². The number of anilines is 1. The summed E-state index contributed by atoms with van der Waals surface area (Å²) in [5.41, 5.74) is 11.5. The van der Waals surface area contributed by atoms with Crippen LogP contribution in [0, 0.1) is 11.6 Å². The van der Waals surface area contributed by atoms with E-state index in [9.17, 15) is 22.0 Å². The minimum absolute atomic E-state index is 0.00957. The van der Waals surface area contributed by atoms with Gasteiger partial charge in [0.05, 0.1) is 16.3 Å². The van der Waals surface area contributed by atoms with Crippen molar-refractivity contribution in [3.05, 3.63) is 65.2 Å². The number of fused-ring (bicyclic) bond motifs is 1. The summed E-state index contributed by atoms with van der Waals surface area (Å²) in [6.07, 6.45) is 0.944. The molecule has 0 bridgehead atoms. The Hall–Kier alpha value is -3.27. The molecule has 0 saturated carbocycles. The highest BCUT2D eigenvalue weighted by atomic mass is 32.2. The number of benzene rings is 2. The van der Waals surface area contributed by atoms with Crippen LogP contribution in [0.1, 0.15) is 25.0 Å². The highest BCUT2D eigenvalue weighted by Crippen LogP contribution is 2.31. The number of primary amides is 1. The lowest BCUT2D eigenvalue weighted by Crippen LogP contribution is -2.23. The Morgan fingerprint density at radius 1 is 1.21 bits per heavy atom. The zero-order valence-electron chi connectivity index (χ0n) is 15.6. The van der Waals surface area contributed by atoms with E-state index in [1.165, 1.54) is 44.2 Å². The summed E-state index contributed by atoms with van der Waals surface area (Å²) in [4.78, 5) is 15.6. The molecule has 1 amide bonds. The van der Waals surface area contributed by atoms with E-state index in [1.807, 2.05) is 0 Å². The predicted octanol–water partition coefficient (Wildman–Crippen LogP) is 2.40. The van der Waals surface area contributed by atoms with Crippen LogP contribution < -0.4 is 11.5 Å². The number of carbonyl (C=O) groups excluding carboxylic acids is 1. The van der Waals surface area contributed by atoms with Crippen molar-refractivity contribution in [2.75, 3.05) is 5.73 Å². The van der Waals surface area contributed by atoms with Crippen molar-refractivity contribution < 1.29 is 22.0 Å². The number of hydrogen-bond donors (Lipinski definition) is 2. The smallest absolute Gasteiger partial charge is 0.244 e. The van der Waals surface area contributed by atoms with Gasteiger partial charge in [0.15, 0.2) is 11.6 Å². The van der Waals surface area contributed by atoms with Crippen LogP contribution in [-0.2, 0) is 14.8 Å². The molecule has 152 valence electrons. The quantitative estimate of drug-likeness (QED) is 0.614. The normalized spacial score (nSPS) is 12.7. The number of hydrogen-bond acceptors (Lipinski definition) is 5.